The normalized spacial score (nSPS) is 74.4. The highest BCUT2D eigenvalue weighted by molar-refractivity contribution is 9.10. The molecule has 1 saturated heterocycles. The van der Waals surface area contributed by atoms with Gasteiger partial charge in [0.05, 0.1) is 13.2 Å². The van der Waals surface area contributed by atoms with Gasteiger partial charge in [0.15, 0.2) is 5.79 Å². The minimum absolute atomic E-state index is 0.135. The molecule has 2 nitrogen and oxygen atoms in total. The van der Waals surface area contributed by atoms with Gasteiger partial charge >= 0.3 is 0 Å². The van der Waals surface area contributed by atoms with Crippen LogP contribution in [-0.4, -0.2) is 23.3 Å². The molecule has 0 unspecified atom stereocenters. The average Bonchev–Trinajstić information content (AvgIpc) is 2.97. The third-order valence-corrected chi connectivity index (χ3v) is 8.38. The molecular weight excluding hydrogens is 268 g/mol. The van der Waals surface area contributed by atoms with Crippen LogP contribution in [0, 0.1) is 41.4 Å². The van der Waals surface area contributed by atoms with Crippen molar-refractivity contribution in [1.29, 1.82) is 0 Å². The van der Waals surface area contributed by atoms with E-state index < -0.39 is 0 Å². The van der Waals surface area contributed by atoms with E-state index in [9.17, 15) is 0 Å². The van der Waals surface area contributed by atoms with Crippen molar-refractivity contribution >= 4 is 15.9 Å². The maximum Gasteiger partial charge on any atom is 0.176 e. The predicted molar refractivity (Wildman–Crippen MR) is 60.0 cm³/mol. The van der Waals surface area contributed by atoms with E-state index in [2.05, 4.69) is 15.9 Å². The van der Waals surface area contributed by atoms with Gasteiger partial charge in [0, 0.05) is 16.2 Å². The second-order valence-corrected chi connectivity index (χ2v) is 8.36. The Morgan fingerprint density at radius 3 is 2.56 bits per heavy atom. The highest BCUT2D eigenvalue weighted by Gasteiger charge is 2.91. The van der Waals surface area contributed by atoms with E-state index >= 15 is 0 Å². The second-order valence-electron chi connectivity index (χ2n) is 6.88. The Balaban J connectivity index is 1.68. The van der Waals surface area contributed by atoms with Gasteiger partial charge in [0.2, 0.25) is 0 Å². The molecule has 3 heteroatoms. The quantitative estimate of drug-likeness (QED) is 0.633. The number of hydrogen-bond acceptors (Lipinski definition) is 2. The lowest BCUT2D eigenvalue weighted by Gasteiger charge is -2.37. The first-order valence-electron chi connectivity index (χ1n) is 6.74. The summed E-state index contributed by atoms with van der Waals surface area (Å²) in [6.07, 6.45) is 2.90. The van der Waals surface area contributed by atoms with Crippen LogP contribution in [0.5, 0.6) is 0 Å². The lowest BCUT2D eigenvalue weighted by atomic mass is 9.71. The molecule has 0 aromatic rings. The summed E-state index contributed by atoms with van der Waals surface area (Å²) in [6.45, 7) is 1.66. The monoisotopic (exact) mass is 282 g/mol. The summed E-state index contributed by atoms with van der Waals surface area (Å²) >= 11 is 4.14. The van der Waals surface area contributed by atoms with Gasteiger partial charge in [0.1, 0.15) is 0 Å². The molecule has 6 saturated carbocycles. The average molecular weight is 283 g/mol. The van der Waals surface area contributed by atoms with Crippen LogP contribution in [-0.2, 0) is 9.47 Å². The summed E-state index contributed by atoms with van der Waals surface area (Å²) < 4.78 is 12.8. The molecular formula is C13H15BrO2. The van der Waals surface area contributed by atoms with Crippen LogP contribution in [0.3, 0.4) is 0 Å². The largest absolute Gasteiger partial charge is 0.347 e. The van der Waals surface area contributed by atoms with Crippen molar-refractivity contribution in [1.82, 2.24) is 0 Å². The van der Waals surface area contributed by atoms with E-state index in [4.69, 9.17) is 9.47 Å². The molecule has 0 aromatic carbocycles. The van der Waals surface area contributed by atoms with E-state index in [-0.39, 0.29) is 5.79 Å². The zero-order chi connectivity index (χ0) is 10.3. The molecule has 6 aliphatic carbocycles. The molecule has 16 heavy (non-hydrogen) atoms. The van der Waals surface area contributed by atoms with Crippen molar-refractivity contribution in [3.63, 3.8) is 0 Å². The lowest BCUT2D eigenvalue weighted by molar-refractivity contribution is -0.194. The van der Waals surface area contributed by atoms with E-state index in [0.717, 1.165) is 48.7 Å². The van der Waals surface area contributed by atoms with E-state index in [1.54, 1.807) is 0 Å². The van der Waals surface area contributed by atoms with Crippen LogP contribution in [0.4, 0.5) is 0 Å². The van der Waals surface area contributed by atoms with Crippen molar-refractivity contribution < 1.29 is 9.47 Å². The molecule has 0 N–H and O–H groups in total. The molecule has 7 rings (SSSR count). The molecule has 1 aliphatic heterocycles. The summed E-state index contributed by atoms with van der Waals surface area (Å²) in [5.74, 6) is 6.11. The highest BCUT2D eigenvalue weighted by Crippen LogP contribution is 2.89. The molecule has 1 heterocycles. The van der Waals surface area contributed by atoms with Crippen molar-refractivity contribution in [2.45, 2.75) is 23.0 Å². The molecule has 0 radical (unpaired) electrons. The van der Waals surface area contributed by atoms with Crippen molar-refractivity contribution in [2.75, 3.05) is 13.2 Å². The smallest absolute Gasteiger partial charge is 0.176 e. The third-order valence-electron chi connectivity index (χ3n) is 7.03. The SMILES string of the molecule is Br[C@@]12C[C@H]3[C@H]4C[C@H]5[C@@H]3[C@H]1C1(OCCO1)[C@H]5[C@@H]42. The zero-order valence-electron chi connectivity index (χ0n) is 9.06. The van der Waals surface area contributed by atoms with E-state index in [0.29, 0.717) is 10.2 Å². The minimum atomic E-state index is -0.135. The van der Waals surface area contributed by atoms with Crippen LogP contribution >= 0.6 is 15.9 Å². The molecule has 8 atom stereocenters. The van der Waals surface area contributed by atoms with Gasteiger partial charge in [-0.15, -0.1) is 0 Å². The van der Waals surface area contributed by atoms with Crippen LogP contribution in [0.15, 0.2) is 0 Å². The number of alkyl halides is 1. The highest BCUT2D eigenvalue weighted by atomic mass is 79.9. The van der Waals surface area contributed by atoms with Crippen LogP contribution in [0.25, 0.3) is 0 Å². The summed E-state index contributed by atoms with van der Waals surface area (Å²) in [5.41, 5.74) is 0. The molecule has 0 amide bonds. The Morgan fingerprint density at radius 1 is 1.00 bits per heavy atom. The van der Waals surface area contributed by atoms with Gasteiger partial charge in [-0.2, -0.15) is 0 Å². The lowest BCUT2D eigenvalue weighted by Crippen LogP contribution is -2.41. The Bertz CT molecular complexity index is 418. The van der Waals surface area contributed by atoms with E-state index in [1.165, 1.54) is 12.8 Å². The first-order chi connectivity index (χ1) is 7.77. The first-order valence-corrected chi connectivity index (χ1v) is 7.53. The molecule has 7 fully saturated rings. The van der Waals surface area contributed by atoms with Gasteiger partial charge < -0.3 is 9.47 Å². The number of halogens is 1. The summed E-state index contributed by atoms with van der Waals surface area (Å²) in [4.78, 5) is 0. The minimum Gasteiger partial charge on any atom is -0.347 e. The summed E-state index contributed by atoms with van der Waals surface area (Å²) in [6, 6.07) is 0. The topological polar surface area (TPSA) is 18.5 Å². The number of rotatable bonds is 0. The molecule has 7 aliphatic rings. The van der Waals surface area contributed by atoms with Crippen LogP contribution in [0.2, 0.25) is 0 Å². The van der Waals surface area contributed by atoms with Gasteiger partial charge in [-0.05, 0) is 42.4 Å². The van der Waals surface area contributed by atoms with Crippen molar-refractivity contribution in [3.8, 4) is 0 Å². The number of hydrogen-bond donors (Lipinski definition) is 0. The van der Waals surface area contributed by atoms with Crippen molar-refractivity contribution in [3.05, 3.63) is 0 Å². The fraction of sp³-hybridized carbons (Fsp3) is 1.00. The number of ether oxygens (including phenoxy) is 2. The molecule has 6 bridgehead atoms. The fourth-order valence-electron chi connectivity index (χ4n) is 7.34. The van der Waals surface area contributed by atoms with Gasteiger partial charge in [0.25, 0.3) is 0 Å². The van der Waals surface area contributed by atoms with Gasteiger partial charge in [-0.25, -0.2) is 0 Å². The summed E-state index contributed by atoms with van der Waals surface area (Å²) in [5, 5.41) is 0. The van der Waals surface area contributed by atoms with Crippen molar-refractivity contribution in [2.24, 2.45) is 41.4 Å². The zero-order valence-corrected chi connectivity index (χ0v) is 10.7. The Hall–Kier alpha value is 0.400. The fourth-order valence-corrected chi connectivity index (χ4v) is 8.97. The van der Waals surface area contributed by atoms with Crippen LogP contribution in [0.1, 0.15) is 12.8 Å². The Kier molecular flexibility index (Phi) is 1.09. The Labute approximate surface area is 103 Å². The van der Waals surface area contributed by atoms with Gasteiger partial charge in [-0.3, -0.25) is 0 Å². The standard InChI is InChI=1S/C13H15BrO2/c14-12-4-7-5-3-6-8(7)11(12)13(10(6)9(5)12)15-1-2-16-13/h5-11H,1-4H2/t5-,6+,7+,8+,9-,10-,11-,12-/m1/s1. The first kappa shape index (κ1) is 8.49. The summed E-state index contributed by atoms with van der Waals surface area (Å²) in [7, 11) is 0. The molecule has 0 aromatic heterocycles. The third kappa shape index (κ3) is 0.522. The molecule has 1 spiro atoms. The maximum atomic E-state index is 6.18. The maximum absolute atomic E-state index is 6.18. The second kappa shape index (κ2) is 2.06. The van der Waals surface area contributed by atoms with Gasteiger partial charge in [-0.1, -0.05) is 15.9 Å². The van der Waals surface area contributed by atoms with E-state index in [1.807, 2.05) is 0 Å². The molecule has 86 valence electrons. The van der Waals surface area contributed by atoms with Crippen LogP contribution < -0.4 is 0 Å². The predicted octanol–water partition coefficient (Wildman–Crippen LogP) is 2.02. The Morgan fingerprint density at radius 2 is 1.81 bits per heavy atom.